The fraction of sp³-hybridized carbons (Fsp3) is 0.0769. The number of hydrogen-bond donors (Lipinski definition) is 1. The third-order valence-corrected chi connectivity index (χ3v) is 3.25. The molecule has 0 bridgehead atoms. The molecule has 0 saturated heterocycles. The van der Waals surface area contributed by atoms with Crippen molar-refractivity contribution in [3.05, 3.63) is 52.4 Å². The standard InChI is InChI=1S/C13H10N2O3S/c14-5-8-4-11(12(16)10-2-1-3-17-10)18-13(8)9-6-19-7-15-9/h1-4,6-7H,5,14H2. The molecule has 0 atom stereocenters. The molecule has 0 aliphatic heterocycles. The molecule has 6 heteroatoms. The first-order valence-corrected chi connectivity index (χ1v) is 6.53. The number of nitrogens with two attached hydrogens (primary N) is 1. The zero-order valence-corrected chi connectivity index (χ0v) is 10.6. The van der Waals surface area contributed by atoms with Crippen LogP contribution in [0.2, 0.25) is 0 Å². The quantitative estimate of drug-likeness (QED) is 0.739. The van der Waals surface area contributed by atoms with Gasteiger partial charge in [-0.3, -0.25) is 4.79 Å². The molecule has 2 N–H and O–H groups in total. The van der Waals surface area contributed by atoms with Crippen LogP contribution in [0.4, 0.5) is 0 Å². The minimum absolute atomic E-state index is 0.207. The molecular formula is C13H10N2O3S. The van der Waals surface area contributed by atoms with Crippen molar-refractivity contribution >= 4 is 17.1 Å². The summed E-state index contributed by atoms with van der Waals surface area (Å²) < 4.78 is 10.7. The van der Waals surface area contributed by atoms with Gasteiger partial charge in [0.2, 0.25) is 0 Å². The molecule has 0 unspecified atom stereocenters. The molecular weight excluding hydrogens is 264 g/mol. The van der Waals surface area contributed by atoms with E-state index in [1.54, 1.807) is 23.7 Å². The van der Waals surface area contributed by atoms with Gasteiger partial charge < -0.3 is 14.6 Å². The summed E-state index contributed by atoms with van der Waals surface area (Å²) in [6, 6.07) is 4.89. The smallest absolute Gasteiger partial charge is 0.263 e. The van der Waals surface area contributed by atoms with E-state index in [2.05, 4.69) is 4.98 Å². The fourth-order valence-electron chi connectivity index (χ4n) is 1.76. The lowest BCUT2D eigenvalue weighted by molar-refractivity contribution is 0.0984. The molecule has 0 spiro atoms. The van der Waals surface area contributed by atoms with Crippen molar-refractivity contribution in [3.8, 4) is 11.5 Å². The number of aromatic nitrogens is 1. The van der Waals surface area contributed by atoms with Crippen LogP contribution in [0.15, 0.2) is 44.2 Å². The van der Waals surface area contributed by atoms with Crippen LogP contribution in [0.3, 0.4) is 0 Å². The lowest BCUT2D eigenvalue weighted by Crippen LogP contribution is -1.98. The van der Waals surface area contributed by atoms with Gasteiger partial charge in [-0.05, 0) is 18.2 Å². The Kier molecular flexibility index (Phi) is 3.02. The maximum atomic E-state index is 12.1. The van der Waals surface area contributed by atoms with Gasteiger partial charge >= 0.3 is 0 Å². The summed E-state index contributed by atoms with van der Waals surface area (Å²) >= 11 is 1.45. The average Bonchev–Trinajstić information content (AvgIpc) is 3.16. The van der Waals surface area contributed by atoms with Crippen molar-refractivity contribution in [2.24, 2.45) is 5.73 Å². The second kappa shape index (κ2) is 4.83. The van der Waals surface area contributed by atoms with Crippen LogP contribution < -0.4 is 5.73 Å². The van der Waals surface area contributed by atoms with Crippen molar-refractivity contribution in [1.82, 2.24) is 4.98 Å². The third kappa shape index (κ3) is 2.11. The van der Waals surface area contributed by atoms with E-state index in [1.807, 2.05) is 5.38 Å². The maximum absolute atomic E-state index is 12.1. The van der Waals surface area contributed by atoms with Crippen molar-refractivity contribution in [2.45, 2.75) is 6.54 Å². The number of carbonyl (C=O) groups is 1. The molecule has 3 aromatic heterocycles. The Labute approximate surface area is 112 Å². The summed E-state index contributed by atoms with van der Waals surface area (Å²) in [7, 11) is 0. The number of rotatable bonds is 4. The molecule has 0 aromatic carbocycles. The monoisotopic (exact) mass is 274 g/mol. The minimum Gasteiger partial charge on any atom is -0.461 e. The fourth-order valence-corrected chi connectivity index (χ4v) is 2.29. The van der Waals surface area contributed by atoms with Crippen LogP contribution in [0, 0.1) is 0 Å². The van der Waals surface area contributed by atoms with Crippen LogP contribution in [-0.2, 0) is 6.54 Å². The molecule has 0 fully saturated rings. The van der Waals surface area contributed by atoms with E-state index >= 15 is 0 Å². The van der Waals surface area contributed by atoms with E-state index in [0.717, 1.165) is 5.56 Å². The maximum Gasteiger partial charge on any atom is 0.263 e. The minimum atomic E-state index is -0.304. The number of thiazole rings is 1. The van der Waals surface area contributed by atoms with Crippen molar-refractivity contribution in [3.63, 3.8) is 0 Å². The average molecular weight is 274 g/mol. The predicted molar refractivity (Wildman–Crippen MR) is 69.8 cm³/mol. The molecule has 3 rings (SSSR count). The molecule has 19 heavy (non-hydrogen) atoms. The van der Waals surface area contributed by atoms with Gasteiger partial charge in [0.1, 0.15) is 5.69 Å². The summed E-state index contributed by atoms with van der Waals surface area (Å²) in [5, 5.41) is 1.85. The molecule has 5 nitrogen and oxygen atoms in total. The number of furan rings is 2. The van der Waals surface area contributed by atoms with Crippen LogP contribution >= 0.6 is 11.3 Å². The predicted octanol–water partition coefficient (Wildman–Crippen LogP) is 2.69. The van der Waals surface area contributed by atoms with Gasteiger partial charge in [0, 0.05) is 17.5 Å². The van der Waals surface area contributed by atoms with Crippen molar-refractivity contribution < 1.29 is 13.6 Å². The summed E-state index contributed by atoms with van der Waals surface area (Å²) in [6.07, 6.45) is 1.45. The molecule has 3 aromatic rings. The van der Waals surface area contributed by atoms with Crippen molar-refractivity contribution in [2.75, 3.05) is 0 Å². The highest BCUT2D eigenvalue weighted by molar-refractivity contribution is 7.07. The van der Waals surface area contributed by atoms with Gasteiger partial charge in [0.15, 0.2) is 17.3 Å². The molecule has 0 radical (unpaired) electrons. The Morgan fingerprint density at radius 1 is 1.42 bits per heavy atom. The van der Waals surface area contributed by atoms with Crippen LogP contribution in [0.1, 0.15) is 21.9 Å². The van der Waals surface area contributed by atoms with Crippen LogP contribution in [-0.4, -0.2) is 10.8 Å². The lowest BCUT2D eigenvalue weighted by Gasteiger charge is -1.94. The second-order valence-corrected chi connectivity index (χ2v) is 4.57. The summed E-state index contributed by atoms with van der Waals surface area (Å²) in [6.45, 7) is 0.280. The first-order valence-electron chi connectivity index (χ1n) is 5.59. The zero-order valence-electron chi connectivity index (χ0n) is 9.83. The highest BCUT2D eigenvalue weighted by Crippen LogP contribution is 2.28. The number of nitrogens with zero attached hydrogens (tertiary/aromatic N) is 1. The lowest BCUT2D eigenvalue weighted by atomic mass is 10.2. The highest BCUT2D eigenvalue weighted by atomic mass is 32.1. The Bertz CT molecular complexity index is 684. The van der Waals surface area contributed by atoms with Crippen molar-refractivity contribution in [1.29, 1.82) is 0 Å². The van der Waals surface area contributed by atoms with Crippen LogP contribution in [0.5, 0.6) is 0 Å². The summed E-state index contributed by atoms with van der Waals surface area (Å²) in [5.74, 6) is 0.681. The zero-order chi connectivity index (χ0) is 13.2. The first kappa shape index (κ1) is 11.9. The second-order valence-electron chi connectivity index (χ2n) is 3.85. The molecule has 3 heterocycles. The van der Waals surface area contributed by atoms with Gasteiger partial charge in [0.25, 0.3) is 5.78 Å². The molecule has 96 valence electrons. The topological polar surface area (TPSA) is 82.3 Å². The number of hydrogen-bond acceptors (Lipinski definition) is 6. The van der Waals surface area contributed by atoms with E-state index in [-0.39, 0.29) is 23.8 Å². The highest BCUT2D eigenvalue weighted by Gasteiger charge is 2.21. The van der Waals surface area contributed by atoms with E-state index < -0.39 is 0 Å². The van der Waals surface area contributed by atoms with Gasteiger partial charge in [-0.1, -0.05) is 0 Å². The van der Waals surface area contributed by atoms with Gasteiger partial charge in [-0.25, -0.2) is 4.98 Å². The van der Waals surface area contributed by atoms with Gasteiger partial charge in [-0.15, -0.1) is 11.3 Å². The van der Waals surface area contributed by atoms with Crippen LogP contribution in [0.25, 0.3) is 11.5 Å². The Balaban J connectivity index is 2.03. The molecule has 0 aliphatic rings. The summed E-state index contributed by atoms with van der Waals surface area (Å²) in [4.78, 5) is 16.3. The van der Waals surface area contributed by atoms with E-state index in [9.17, 15) is 4.79 Å². The number of ketones is 1. The SMILES string of the molecule is NCc1cc(C(=O)c2ccco2)oc1-c1cscn1. The molecule has 0 amide bonds. The first-order chi connectivity index (χ1) is 9.29. The third-order valence-electron chi connectivity index (χ3n) is 2.66. The van der Waals surface area contributed by atoms with Gasteiger partial charge in [0.05, 0.1) is 11.8 Å². The normalized spacial score (nSPS) is 10.8. The Morgan fingerprint density at radius 3 is 2.95 bits per heavy atom. The molecule has 0 saturated carbocycles. The van der Waals surface area contributed by atoms with E-state index in [0.29, 0.717) is 11.5 Å². The van der Waals surface area contributed by atoms with Gasteiger partial charge in [-0.2, -0.15) is 0 Å². The number of carbonyl (C=O) groups excluding carboxylic acids is 1. The molecule has 0 aliphatic carbocycles. The van der Waals surface area contributed by atoms with E-state index in [4.69, 9.17) is 14.6 Å². The Hall–Kier alpha value is -2.18. The Morgan fingerprint density at radius 2 is 2.32 bits per heavy atom. The summed E-state index contributed by atoms with van der Waals surface area (Å²) in [5.41, 5.74) is 8.81. The largest absolute Gasteiger partial charge is 0.461 e. The van der Waals surface area contributed by atoms with E-state index in [1.165, 1.54) is 17.6 Å².